The van der Waals surface area contributed by atoms with Crippen LogP contribution in [0.15, 0.2) is 42.5 Å². The van der Waals surface area contributed by atoms with Gasteiger partial charge in [-0.1, -0.05) is 24.0 Å². The molecule has 0 bridgehead atoms. The fourth-order valence-electron chi connectivity index (χ4n) is 2.14. The van der Waals surface area contributed by atoms with Crippen LogP contribution in [-0.2, 0) is 12.6 Å². The highest BCUT2D eigenvalue weighted by molar-refractivity contribution is 5.52. The van der Waals surface area contributed by atoms with Crippen LogP contribution in [-0.4, -0.2) is 13.7 Å². The van der Waals surface area contributed by atoms with Crippen molar-refractivity contribution < 1.29 is 17.9 Å². The third-order valence-corrected chi connectivity index (χ3v) is 3.29. The molecule has 0 fully saturated rings. The Morgan fingerprint density at radius 2 is 1.74 bits per heavy atom. The number of nitrogens with two attached hydrogens (primary N) is 1. The van der Waals surface area contributed by atoms with Gasteiger partial charge in [-0.25, -0.2) is 0 Å². The van der Waals surface area contributed by atoms with Gasteiger partial charge < -0.3 is 10.5 Å². The van der Waals surface area contributed by atoms with Crippen LogP contribution >= 0.6 is 0 Å². The predicted octanol–water partition coefficient (Wildman–Crippen LogP) is 3.62. The maximum Gasteiger partial charge on any atom is 0.416 e. The van der Waals surface area contributed by atoms with Crippen molar-refractivity contribution in [3.05, 3.63) is 64.7 Å². The molecule has 0 unspecified atom stereocenters. The van der Waals surface area contributed by atoms with E-state index < -0.39 is 11.7 Å². The average molecular weight is 319 g/mol. The molecule has 0 saturated carbocycles. The van der Waals surface area contributed by atoms with E-state index in [9.17, 15) is 13.2 Å². The van der Waals surface area contributed by atoms with E-state index in [0.29, 0.717) is 28.9 Å². The van der Waals surface area contributed by atoms with E-state index in [0.717, 1.165) is 12.1 Å². The summed E-state index contributed by atoms with van der Waals surface area (Å²) in [6.45, 7) is 0.255. The number of hydrogen-bond acceptors (Lipinski definition) is 2. The van der Waals surface area contributed by atoms with Gasteiger partial charge in [0.25, 0.3) is 0 Å². The number of rotatable bonds is 3. The maximum atomic E-state index is 12.8. The number of para-hydroxylation sites is 1. The van der Waals surface area contributed by atoms with Gasteiger partial charge in [0.15, 0.2) is 0 Å². The van der Waals surface area contributed by atoms with Crippen LogP contribution in [0.25, 0.3) is 0 Å². The van der Waals surface area contributed by atoms with Gasteiger partial charge in [-0.15, -0.1) is 0 Å². The minimum atomic E-state index is -4.38. The summed E-state index contributed by atoms with van der Waals surface area (Å²) in [4.78, 5) is 0. The van der Waals surface area contributed by atoms with Crippen molar-refractivity contribution in [1.29, 1.82) is 0 Å². The first kappa shape index (κ1) is 16.9. The molecule has 2 N–H and O–H groups in total. The lowest BCUT2D eigenvalue weighted by Gasteiger charge is -2.10. The largest absolute Gasteiger partial charge is 0.495 e. The number of benzene rings is 2. The van der Waals surface area contributed by atoms with E-state index in [1.165, 1.54) is 6.07 Å². The highest BCUT2D eigenvalue weighted by Crippen LogP contribution is 2.30. The number of hydrogen-bond donors (Lipinski definition) is 1. The van der Waals surface area contributed by atoms with Gasteiger partial charge in [0, 0.05) is 5.56 Å². The minimum Gasteiger partial charge on any atom is -0.495 e. The van der Waals surface area contributed by atoms with Crippen molar-refractivity contribution in [2.45, 2.75) is 12.6 Å². The summed E-state index contributed by atoms with van der Waals surface area (Å²) in [5.74, 6) is 6.47. The molecule has 0 radical (unpaired) electrons. The molecule has 120 valence electrons. The number of methoxy groups -OCH3 is 1. The molecule has 0 aliphatic rings. The van der Waals surface area contributed by atoms with Crippen LogP contribution in [0.4, 0.5) is 13.2 Å². The van der Waals surface area contributed by atoms with Crippen LogP contribution in [0.1, 0.15) is 22.3 Å². The highest BCUT2D eigenvalue weighted by Gasteiger charge is 2.30. The Morgan fingerprint density at radius 1 is 1.04 bits per heavy atom. The summed E-state index contributed by atoms with van der Waals surface area (Å²) < 4.78 is 43.6. The van der Waals surface area contributed by atoms with E-state index in [2.05, 4.69) is 11.8 Å². The second kappa shape index (κ2) is 7.21. The van der Waals surface area contributed by atoms with Gasteiger partial charge >= 0.3 is 6.18 Å². The van der Waals surface area contributed by atoms with Gasteiger partial charge in [-0.3, -0.25) is 0 Å². The van der Waals surface area contributed by atoms with Crippen molar-refractivity contribution in [3.8, 4) is 17.6 Å². The van der Waals surface area contributed by atoms with Crippen LogP contribution in [0, 0.1) is 11.8 Å². The van der Waals surface area contributed by atoms with Gasteiger partial charge in [-0.05, 0) is 48.9 Å². The zero-order chi connectivity index (χ0) is 16.9. The lowest BCUT2D eigenvalue weighted by molar-refractivity contribution is -0.137. The minimum absolute atomic E-state index is 0.255. The summed E-state index contributed by atoms with van der Waals surface area (Å²) in [6.07, 6.45) is -4.04. The molecular formula is C18H16F3NO. The Labute approximate surface area is 133 Å². The SMILES string of the molecule is COc1ccccc1C#Cc1ccc(C(F)(F)F)cc1CCN. The van der Waals surface area contributed by atoms with Gasteiger partial charge in [0.05, 0.1) is 18.2 Å². The Morgan fingerprint density at radius 3 is 2.39 bits per heavy atom. The van der Waals surface area contributed by atoms with Gasteiger partial charge in [-0.2, -0.15) is 13.2 Å². The Balaban J connectivity index is 2.42. The van der Waals surface area contributed by atoms with Gasteiger partial charge in [0.1, 0.15) is 5.75 Å². The molecule has 0 saturated heterocycles. The Kier molecular flexibility index (Phi) is 5.30. The average Bonchev–Trinajstić information content (AvgIpc) is 2.53. The highest BCUT2D eigenvalue weighted by atomic mass is 19.4. The third kappa shape index (κ3) is 4.27. The zero-order valence-electron chi connectivity index (χ0n) is 12.6. The van der Waals surface area contributed by atoms with Crippen molar-refractivity contribution in [2.24, 2.45) is 5.73 Å². The summed E-state index contributed by atoms with van der Waals surface area (Å²) in [5, 5.41) is 0. The van der Waals surface area contributed by atoms with Crippen molar-refractivity contribution in [2.75, 3.05) is 13.7 Å². The first-order valence-electron chi connectivity index (χ1n) is 7.01. The topological polar surface area (TPSA) is 35.2 Å². The summed E-state index contributed by atoms with van der Waals surface area (Å²) in [6, 6.07) is 10.7. The first-order chi connectivity index (χ1) is 11.0. The predicted molar refractivity (Wildman–Crippen MR) is 83.2 cm³/mol. The summed E-state index contributed by atoms with van der Waals surface area (Å²) in [5.41, 5.74) is 6.50. The number of ether oxygens (including phenoxy) is 1. The number of alkyl halides is 3. The molecule has 0 aromatic heterocycles. The first-order valence-corrected chi connectivity index (χ1v) is 7.01. The van der Waals surface area contributed by atoms with Crippen LogP contribution < -0.4 is 10.5 Å². The van der Waals surface area contributed by atoms with Crippen LogP contribution in [0.2, 0.25) is 0 Å². The molecule has 2 rings (SSSR count). The Bertz CT molecular complexity index is 742. The van der Waals surface area contributed by atoms with Crippen LogP contribution in [0.5, 0.6) is 5.75 Å². The summed E-state index contributed by atoms with van der Waals surface area (Å²) in [7, 11) is 1.54. The van der Waals surface area contributed by atoms with E-state index >= 15 is 0 Å². The Hall–Kier alpha value is -2.45. The number of halogens is 3. The molecule has 0 aliphatic carbocycles. The van der Waals surface area contributed by atoms with Crippen molar-refractivity contribution in [3.63, 3.8) is 0 Å². The van der Waals surface area contributed by atoms with Crippen LogP contribution in [0.3, 0.4) is 0 Å². The molecule has 2 aromatic rings. The fourth-order valence-corrected chi connectivity index (χ4v) is 2.14. The summed E-state index contributed by atoms with van der Waals surface area (Å²) >= 11 is 0. The van der Waals surface area contributed by atoms with E-state index in [-0.39, 0.29) is 6.54 Å². The quantitative estimate of drug-likeness (QED) is 0.877. The van der Waals surface area contributed by atoms with Crippen molar-refractivity contribution >= 4 is 0 Å². The lowest BCUT2D eigenvalue weighted by Crippen LogP contribution is -2.09. The van der Waals surface area contributed by atoms with E-state index in [1.54, 1.807) is 19.2 Å². The zero-order valence-corrected chi connectivity index (χ0v) is 12.6. The van der Waals surface area contributed by atoms with Gasteiger partial charge in [0.2, 0.25) is 0 Å². The lowest BCUT2D eigenvalue weighted by atomic mass is 10.0. The normalized spacial score (nSPS) is 10.8. The second-order valence-electron chi connectivity index (χ2n) is 4.86. The monoisotopic (exact) mass is 319 g/mol. The molecule has 0 aliphatic heterocycles. The molecule has 0 heterocycles. The molecule has 0 spiro atoms. The molecule has 5 heteroatoms. The maximum absolute atomic E-state index is 12.8. The van der Waals surface area contributed by atoms with E-state index in [4.69, 9.17) is 10.5 Å². The molecule has 2 nitrogen and oxygen atoms in total. The second-order valence-corrected chi connectivity index (χ2v) is 4.86. The van der Waals surface area contributed by atoms with E-state index in [1.807, 2.05) is 12.1 Å². The molecule has 2 aromatic carbocycles. The molecule has 0 amide bonds. The molecular weight excluding hydrogens is 303 g/mol. The molecule has 0 atom stereocenters. The molecule has 23 heavy (non-hydrogen) atoms. The standard InChI is InChI=1S/C18H16F3NO/c1-23-17-5-3-2-4-14(17)7-6-13-8-9-16(18(19,20)21)12-15(13)10-11-22/h2-5,8-9,12H,10-11,22H2,1H3. The smallest absolute Gasteiger partial charge is 0.416 e. The third-order valence-electron chi connectivity index (χ3n) is 3.29. The van der Waals surface area contributed by atoms with Crippen molar-refractivity contribution in [1.82, 2.24) is 0 Å². The fraction of sp³-hybridized carbons (Fsp3) is 0.222.